The quantitative estimate of drug-likeness (QED) is 0.712. The number of benzene rings is 2. The Morgan fingerprint density at radius 3 is 2.38 bits per heavy atom. The van der Waals surface area contributed by atoms with Crippen molar-refractivity contribution in [2.24, 2.45) is 5.92 Å². The molecule has 4 nitrogen and oxygen atoms in total. The fraction of sp³-hybridized carbons (Fsp3) is 0.350. The lowest BCUT2D eigenvalue weighted by molar-refractivity contribution is -0.116. The minimum atomic E-state index is 0.000279. The van der Waals surface area contributed by atoms with Crippen molar-refractivity contribution in [3.63, 3.8) is 0 Å². The van der Waals surface area contributed by atoms with E-state index < -0.39 is 0 Å². The van der Waals surface area contributed by atoms with Gasteiger partial charge in [-0.05, 0) is 60.7 Å². The molecule has 4 heteroatoms. The van der Waals surface area contributed by atoms with Crippen LogP contribution in [-0.2, 0) is 11.2 Å². The van der Waals surface area contributed by atoms with E-state index in [0.717, 1.165) is 29.1 Å². The number of hydrogen-bond acceptors (Lipinski definition) is 3. The molecule has 0 radical (unpaired) electrons. The highest BCUT2D eigenvalue weighted by Crippen LogP contribution is 2.17. The van der Waals surface area contributed by atoms with Crippen molar-refractivity contribution < 1.29 is 9.53 Å². The zero-order chi connectivity index (χ0) is 17.4. The van der Waals surface area contributed by atoms with E-state index in [2.05, 4.69) is 19.2 Å². The largest absolute Gasteiger partial charge is 0.494 e. The van der Waals surface area contributed by atoms with E-state index in [1.807, 2.05) is 48.5 Å². The van der Waals surface area contributed by atoms with E-state index in [0.29, 0.717) is 25.4 Å². The van der Waals surface area contributed by atoms with Crippen LogP contribution in [0, 0.1) is 5.92 Å². The molecule has 2 aromatic carbocycles. The van der Waals surface area contributed by atoms with Crippen molar-refractivity contribution in [1.82, 2.24) is 0 Å². The molecule has 0 aliphatic carbocycles. The number of nitrogen functional groups attached to an aromatic ring is 1. The van der Waals surface area contributed by atoms with Gasteiger partial charge in [0.25, 0.3) is 0 Å². The van der Waals surface area contributed by atoms with Crippen LogP contribution in [0.1, 0.15) is 32.3 Å². The minimum Gasteiger partial charge on any atom is -0.494 e. The van der Waals surface area contributed by atoms with Crippen LogP contribution in [-0.4, -0.2) is 12.5 Å². The van der Waals surface area contributed by atoms with Gasteiger partial charge in [-0.1, -0.05) is 26.0 Å². The van der Waals surface area contributed by atoms with Gasteiger partial charge in [0.2, 0.25) is 5.91 Å². The van der Waals surface area contributed by atoms with Crippen LogP contribution in [0.2, 0.25) is 0 Å². The maximum Gasteiger partial charge on any atom is 0.224 e. The Hall–Kier alpha value is -2.49. The summed E-state index contributed by atoms with van der Waals surface area (Å²) in [6.07, 6.45) is 2.17. The zero-order valence-electron chi connectivity index (χ0n) is 14.4. The van der Waals surface area contributed by atoms with Gasteiger partial charge in [-0.15, -0.1) is 0 Å². The summed E-state index contributed by atoms with van der Waals surface area (Å²) in [4.78, 5) is 12.0. The number of carbonyl (C=O) groups excluding carboxylic acids is 1. The van der Waals surface area contributed by atoms with Crippen LogP contribution in [0.3, 0.4) is 0 Å². The van der Waals surface area contributed by atoms with Crippen LogP contribution in [0.25, 0.3) is 0 Å². The Balaban J connectivity index is 1.76. The molecule has 2 aromatic rings. The van der Waals surface area contributed by atoms with Gasteiger partial charge in [0.05, 0.1) is 6.61 Å². The number of rotatable bonds is 8. The summed E-state index contributed by atoms with van der Waals surface area (Å²) in [5.41, 5.74) is 8.28. The first-order valence-electron chi connectivity index (χ1n) is 8.40. The molecule has 0 aliphatic heterocycles. The molecule has 0 atom stereocenters. The Morgan fingerprint density at radius 1 is 1.08 bits per heavy atom. The first-order valence-corrected chi connectivity index (χ1v) is 8.40. The summed E-state index contributed by atoms with van der Waals surface area (Å²) in [6, 6.07) is 15.1. The molecule has 0 aliphatic rings. The molecule has 0 unspecified atom stereocenters. The van der Waals surface area contributed by atoms with Crippen LogP contribution >= 0.6 is 0 Å². The molecule has 0 fully saturated rings. The number of anilines is 2. The van der Waals surface area contributed by atoms with E-state index >= 15 is 0 Å². The summed E-state index contributed by atoms with van der Waals surface area (Å²) in [7, 11) is 0. The highest BCUT2D eigenvalue weighted by Gasteiger charge is 2.04. The van der Waals surface area contributed by atoms with Gasteiger partial charge in [-0.25, -0.2) is 0 Å². The third-order valence-corrected chi connectivity index (χ3v) is 3.72. The molecule has 0 spiro atoms. The number of hydrogen-bond donors (Lipinski definition) is 2. The highest BCUT2D eigenvalue weighted by molar-refractivity contribution is 5.90. The van der Waals surface area contributed by atoms with E-state index in [9.17, 15) is 4.79 Å². The van der Waals surface area contributed by atoms with Crippen molar-refractivity contribution in [1.29, 1.82) is 0 Å². The van der Waals surface area contributed by atoms with Gasteiger partial charge in [0, 0.05) is 17.8 Å². The number of nitrogens with two attached hydrogens (primary N) is 1. The topological polar surface area (TPSA) is 64.3 Å². The molecule has 1 amide bonds. The van der Waals surface area contributed by atoms with Gasteiger partial charge in [0.15, 0.2) is 0 Å². The predicted molar refractivity (Wildman–Crippen MR) is 99.2 cm³/mol. The minimum absolute atomic E-state index is 0.000279. The lowest BCUT2D eigenvalue weighted by atomic mass is 10.1. The normalized spacial score (nSPS) is 10.6. The van der Waals surface area contributed by atoms with Crippen molar-refractivity contribution in [3.8, 4) is 5.75 Å². The lowest BCUT2D eigenvalue weighted by Crippen LogP contribution is -2.12. The SMILES string of the molecule is CC(C)CCOc1ccc(NC(=O)CCc2ccc(N)cc2)cc1. The first-order chi connectivity index (χ1) is 11.5. The zero-order valence-corrected chi connectivity index (χ0v) is 14.4. The van der Waals surface area contributed by atoms with Gasteiger partial charge < -0.3 is 15.8 Å². The molecular formula is C20H26N2O2. The van der Waals surface area contributed by atoms with Gasteiger partial charge in [-0.3, -0.25) is 4.79 Å². The molecular weight excluding hydrogens is 300 g/mol. The average molecular weight is 326 g/mol. The molecule has 2 rings (SSSR count). The maximum atomic E-state index is 12.0. The number of aryl methyl sites for hydroxylation is 1. The van der Waals surface area contributed by atoms with E-state index in [1.165, 1.54) is 0 Å². The van der Waals surface area contributed by atoms with Gasteiger partial charge in [-0.2, -0.15) is 0 Å². The lowest BCUT2D eigenvalue weighted by Gasteiger charge is -2.09. The van der Waals surface area contributed by atoms with E-state index in [-0.39, 0.29) is 5.91 Å². The number of carbonyl (C=O) groups is 1. The highest BCUT2D eigenvalue weighted by atomic mass is 16.5. The van der Waals surface area contributed by atoms with Gasteiger partial charge >= 0.3 is 0 Å². The van der Waals surface area contributed by atoms with Crippen molar-refractivity contribution in [3.05, 3.63) is 54.1 Å². The standard InChI is InChI=1S/C20H26N2O2/c1-15(2)13-14-24-19-10-8-18(9-11-19)22-20(23)12-5-16-3-6-17(21)7-4-16/h3-4,6-11,15H,5,12-14,21H2,1-2H3,(H,22,23). The van der Waals surface area contributed by atoms with Crippen LogP contribution in [0.5, 0.6) is 5.75 Å². The smallest absolute Gasteiger partial charge is 0.224 e. The monoisotopic (exact) mass is 326 g/mol. The van der Waals surface area contributed by atoms with E-state index in [4.69, 9.17) is 10.5 Å². The predicted octanol–water partition coefficient (Wildman–Crippen LogP) is 4.27. The third kappa shape index (κ3) is 6.32. The third-order valence-electron chi connectivity index (χ3n) is 3.72. The Labute approximate surface area is 144 Å². The number of ether oxygens (including phenoxy) is 1. The van der Waals surface area contributed by atoms with Gasteiger partial charge in [0.1, 0.15) is 5.75 Å². The Bertz CT molecular complexity index is 634. The molecule has 3 N–H and O–H groups in total. The molecule has 24 heavy (non-hydrogen) atoms. The second-order valence-corrected chi connectivity index (χ2v) is 6.35. The van der Waals surface area contributed by atoms with E-state index in [1.54, 1.807) is 0 Å². The Kier molecular flexibility index (Phi) is 6.67. The summed E-state index contributed by atoms with van der Waals surface area (Å²) in [5.74, 6) is 1.46. The second-order valence-electron chi connectivity index (χ2n) is 6.35. The van der Waals surface area contributed by atoms with Crippen molar-refractivity contribution in [2.75, 3.05) is 17.7 Å². The van der Waals surface area contributed by atoms with Crippen LogP contribution in [0.15, 0.2) is 48.5 Å². The first kappa shape index (κ1) is 17.9. The number of nitrogens with one attached hydrogen (secondary N) is 1. The summed E-state index contributed by atoms with van der Waals surface area (Å²) in [5, 5.41) is 2.91. The molecule has 128 valence electrons. The molecule has 0 saturated carbocycles. The molecule has 0 heterocycles. The number of amides is 1. The fourth-order valence-electron chi connectivity index (χ4n) is 2.21. The molecule has 0 saturated heterocycles. The van der Waals surface area contributed by atoms with Crippen molar-refractivity contribution in [2.45, 2.75) is 33.1 Å². The average Bonchev–Trinajstić information content (AvgIpc) is 2.56. The summed E-state index contributed by atoms with van der Waals surface area (Å²) in [6.45, 7) is 5.06. The second kappa shape index (κ2) is 8.96. The van der Waals surface area contributed by atoms with Crippen molar-refractivity contribution >= 4 is 17.3 Å². The molecule has 0 bridgehead atoms. The summed E-state index contributed by atoms with van der Waals surface area (Å²) < 4.78 is 5.67. The molecule has 0 aromatic heterocycles. The maximum absolute atomic E-state index is 12.0. The fourth-order valence-corrected chi connectivity index (χ4v) is 2.21. The van der Waals surface area contributed by atoms with Crippen LogP contribution in [0.4, 0.5) is 11.4 Å². The Morgan fingerprint density at radius 2 is 1.75 bits per heavy atom. The summed E-state index contributed by atoms with van der Waals surface area (Å²) >= 11 is 0. The van der Waals surface area contributed by atoms with Crippen LogP contribution < -0.4 is 15.8 Å².